The fourth-order valence-corrected chi connectivity index (χ4v) is 2.42. The van der Waals surface area contributed by atoms with Gasteiger partial charge in [-0.05, 0) is 39.2 Å². The van der Waals surface area contributed by atoms with Crippen LogP contribution in [-0.2, 0) is 0 Å². The maximum Gasteiger partial charge on any atom is 0.191 e. The Morgan fingerprint density at radius 3 is 2.65 bits per heavy atom. The van der Waals surface area contributed by atoms with Gasteiger partial charge in [0, 0.05) is 32.2 Å². The van der Waals surface area contributed by atoms with Crippen LogP contribution >= 0.6 is 24.0 Å². The first-order valence-electron chi connectivity index (χ1n) is 7.89. The molecule has 0 aliphatic carbocycles. The molecule has 4 nitrogen and oxygen atoms in total. The van der Waals surface area contributed by atoms with Crippen LogP contribution in [0, 0.1) is 5.92 Å². The smallest absolute Gasteiger partial charge is 0.191 e. The number of nitrogens with one attached hydrogen (secondary N) is 2. The lowest BCUT2D eigenvalue weighted by Gasteiger charge is -2.33. The highest BCUT2D eigenvalue weighted by molar-refractivity contribution is 14.0. The zero-order valence-electron chi connectivity index (χ0n) is 13.6. The first kappa shape index (κ1) is 20.0. The standard InChI is InChI=1S/C15H32N4.HI/c1-5-16-15(18-12-13(2)3)17-9-11-19-10-7-6-8-14(19)4;/h13-14H,5-12H2,1-4H3,(H2,16,17,18);1H. The van der Waals surface area contributed by atoms with E-state index in [0.29, 0.717) is 5.92 Å². The van der Waals surface area contributed by atoms with Crippen molar-refractivity contribution in [3.05, 3.63) is 0 Å². The van der Waals surface area contributed by atoms with Gasteiger partial charge in [0.1, 0.15) is 0 Å². The highest BCUT2D eigenvalue weighted by atomic mass is 127. The Hall–Kier alpha value is -0.0400. The normalized spacial score (nSPS) is 20.6. The molecular formula is C15H33IN4. The summed E-state index contributed by atoms with van der Waals surface area (Å²) in [5.74, 6) is 1.57. The number of nitrogens with zero attached hydrogens (tertiary/aromatic N) is 2. The number of halogens is 1. The lowest BCUT2D eigenvalue weighted by molar-refractivity contribution is 0.163. The minimum absolute atomic E-state index is 0. The van der Waals surface area contributed by atoms with Crippen LogP contribution in [-0.4, -0.2) is 49.6 Å². The van der Waals surface area contributed by atoms with Crippen LogP contribution in [0.2, 0.25) is 0 Å². The molecule has 0 bridgehead atoms. The average molecular weight is 396 g/mol. The van der Waals surface area contributed by atoms with Gasteiger partial charge in [0.2, 0.25) is 0 Å². The summed E-state index contributed by atoms with van der Waals surface area (Å²) in [6, 6.07) is 0.741. The third kappa shape index (κ3) is 8.29. The molecule has 1 rings (SSSR count). The van der Waals surface area contributed by atoms with E-state index < -0.39 is 0 Å². The topological polar surface area (TPSA) is 39.7 Å². The maximum atomic E-state index is 4.59. The van der Waals surface area contributed by atoms with Crippen molar-refractivity contribution in [3.63, 3.8) is 0 Å². The molecule has 1 aliphatic rings. The van der Waals surface area contributed by atoms with Crippen molar-refractivity contribution in [1.29, 1.82) is 0 Å². The van der Waals surface area contributed by atoms with Gasteiger partial charge in [0.15, 0.2) is 5.96 Å². The summed E-state index contributed by atoms with van der Waals surface area (Å²) in [5, 5.41) is 6.75. The minimum atomic E-state index is 0. The van der Waals surface area contributed by atoms with E-state index in [0.717, 1.165) is 38.2 Å². The molecule has 0 aromatic rings. The molecule has 20 heavy (non-hydrogen) atoms. The largest absolute Gasteiger partial charge is 0.357 e. The number of guanidine groups is 1. The van der Waals surface area contributed by atoms with E-state index in [1.807, 2.05) is 0 Å². The molecular weight excluding hydrogens is 363 g/mol. The van der Waals surface area contributed by atoms with Crippen LogP contribution in [0.3, 0.4) is 0 Å². The first-order valence-corrected chi connectivity index (χ1v) is 7.89. The molecule has 0 aromatic carbocycles. The highest BCUT2D eigenvalue weighted by Gasteiger charge is 2.17. The summed E-state index contributed by atoms with van der Waals surface area (Å²) in [6.45, 7) is 14.0. The van der Waals surface area contributed by atoms with Crippen LogP contribution in [0.1, 0.15) is 47.0 Å². The molecule has 1 aliphatic heterocycles. The molecule has 1 unspecified atom stereocenters. The predicted octanol–water partition coefficient (Wildman–Crippen LogP) is 2.69. The van der Waals surface area contributed by atoms with Crippen LogP contribution in [0.25, 0.3) is 0 Å². The van der Waals surface area contributed by atoms with Gasteiger partial charge in [-0.25, -0.2) is 0 Å². The first-order chi connectivity index (χ1) is 9.13. The van der Waals surface area contributed by atoms with Gasteiger partial charge in [-0.1, -0.05) is 20.3 Å². The average Bonchev–Trinajstić information content (AvgIpc) is 2.38. The van der Waals surface area contributed by atoms with Gasteiger partial charge in [-0.3, -0.25) is 9.89 Å². The Labute approximate surface area is 142 Å². The van der Waals surface area contributed by atoms with Crippen molar-refractivity contribution in [2.75, 3.05) is 32.7 Å². The molecule has 0 spiro atoms. The third-order valence-electron chi connectivity index (χ3n) is 3.59. The van der Waals surface area contributed by atoms with Crippen molar-refractivity contribution < 1.29 is 0 Å². The molecule has 2 N–H and O–H groups in total. The quantitative estimate of drug-likeness (QED) is 0.412. The Morgan fingerprint density at radius 1 is 1.30 bits per heavy atom. The molecule has 0 aromatic heterocycles. The molecule has 5 heteroatoms. The summed E-state index contributed by atoms with van der Waals surface area (Å²) in [6.07, 6.45) is 4.09. The van der Waals surface area contributed by atoms with Crippen molar-refractivity contribution in [2.45, 2.75) is 53.0 Å². The summed E-state index contributed by atoms with van der Waals surface area (Å²) >= 11 is 0. The van der Waals surface area contributed by atoms with Crippen LogP contribution in [0.15, 0.2) is 4.99 Å². The zero-order chi connectivity index (χ0) is 14.1. The molecule has 0 saturated carbocycles. The van der Waals surface area contributed by atoms with Crippen molar-refractivity contribution in [2.24, 2.45) is 10.9 Å². The molecule has 120 valence electrons. The highest BCUT2D eigenvalue weighted by Crippen LogP contribution is 2.15. The fourth-order valence-electron chi connectivity index (χ4n) is 2.42. The lowest BCUT2D eigenvalue weighted by Crippen LogP contribution is -2.45. The number of hydrogen-bond acceptors (Lipinski definition) is 2. The number of hydrogen-bond donors (Lipinski definition) is 2. The van der Waals surface area contributed by atoms with Gasteiger partial charge in [0.25, 0.3) is 0 Å². The van der Waals surface area contributed by atoms with E-state index in [9.17, 15) is 0 Å². The monoisotopic (exact) mass is 396 g/mol. The van der Waals surface area contributed by atoms with Crippen molar-refractivity contribution in [3.8, 4) is 0 Å². The molecule has 1 heterocycles. The second-order valence-corrected chi connectivity index (χ2v) is 5.92. The molecule has 0 radical (unpaired) electrons. The van der Waals surface area contributed by atoms with E-state index in [1.54, 1.807) is 0 Å². The van der Waals surface area contributed by atoms with E-state index in [-0.39, 0.29) is 24.0 Å². The van der Waals surface area contributed by atoms with E-state index in [4.69, 9.17) is 0 Å². The number of rotatable bonds is 6. The van der Waals surface area contributed by atoms with Crippen LogP contribution in [0.4, 0.5) is 0 Å². The summed E-state index contributed by atoms with van der Waals surface area (Å²) in [5.41, 5.74) is 0. The summed E-state index contributed by atoms with van der Waals surface area (Å²) in [7, 11) is 0. The predicted molar refractivity (Wildman–Crippen MR) is 99.1 cm³/mol. The third-order valence-corrected chi connectivity index (χ3v) is 3.59. The van der Waals surface area contributed by atoms with Crippen molar-refractivity contribution in [1.82, 2.24) is 15.5 Å². The number of piperidine rings is 1. The summed E-state index contributed by atoms with van der Waals surface area (Å²) < 4.78 is 0. The fraction of sp³-hybridized carbons (Fsp3) is 0.933. The Kier molecular flexibility index (Phi) is 11.6. The van der Waals surface area contributed by atoms with Crippen molar-refractivity contribution >= 4 is 29.9 Å². The Bertz CT molecular complexity index is 269. The van der Waals surface area contributed by atoms with Gasteiger partial charge in [-0.15, -0.1) is 24.0 Å². The van der Waals surface area contributed by atoms with E-state index >= 15 is 0 Å². The molecule has 1 saturated heterocycles. The molecule has 1 fully saturated rings. The maximum absolute atomic E-state index is 4.59. The van der Waals surface area contributed by atoms with Crippen LogP contribution in [0.5, 0.6) is 0 Å². The van der Waals surface area contributed by atoms with Crippen LogP contribution < -0.4 is 10.6 Å². The van der Waals surface area contributed by atoms with E-state index in [2.05, 4.69) is 48.2 Å². The zero-order valence-corrected chi connectivity index (χ0v) is 15.9. The van der Waals surface area contributed by atoms with Gasteiger partial charge >= 0.3 is 0 Å². The SMILES string of the molecule is CCNC(=NCC(C)C)NCCN1CCCCC1C.I. The molecule has 0 amide bonds. The Balaban J connectivity index is 0.00000361. The second kappa shape index (κ2) is 11.6. The molecule has 1 atom stereocenters. The number of aliphatic imine (C=N–C) groups is 1. The second-order valence-electron chi connectivity index (χ2n) is 5.92. The van der Waals surface area contributed by atoms with Gasteiger partial charge in [0.05, 0.1) is 0 Å². The van der Waals surface area contributed by atoms with Gasteiger partial charge in [-0.2, -0.15) is 0 Å². The van der Waals surface area contributed by atoms with E-state index in [1.165, 1.54) is 25.8 Å². The Morgan fingerprint density at radius 2 is 2.05 bits per heavy atom. The minimum Gasteiger partial charge on any atom is -0.357 e. The number of likely N-dealkylation sites (tertiary alicyclic amines) is 1. The summed E-state index contributed by atoms with van der Waals surface area (Å²) in [4.78, 5) is 7.18. The lowest BCUT2D eigenvalue weighted by atomic mass is 10.0. The van der Waals surface area contributed by atoms with Gasteiger partial charge < -0.3 is 10.6 Å².